The Bertz CT molecular complexity index is 544. The lowest BCUT2D eigenvalue weighted by Gasteiger charge is -2.37. The van der Waals surface area contributed by atoms with Gasteiger partial charge in [0.2, 0.25) is 0 Å². The Kier molecular flexibility index (Phi) is 4.94. The molecular formula is C14H20ClNO3S. The molecule has 0 spiro atoms. The number of benzene rings is 1. The quantitative estimate of drug-likeness (QED) is 0.800. The van der Waals surface area contributed by atoms with Crippen molar-refractivity contribution in [3.8, 4) is 0 Å². The van der Waals surface area contributed by atoms with Crippen LogP contribution in [0.25, 0.3) is 0 Å². The second-order valence-corrected chi connectivity index (χ2v) is 7.61. The van der Waals surface area contributed by atoms with E-state index in [-0.39, 0.29) is 18.0 Å². The summed E-state index contributed by atoms with van der Waals surface area (Å²) >= 11 is 5.87. The van der Waals surface area contributed by atoms with E-state index < -0.39 is 9.84 Å². The minimum Gasteiger partial charge on any atom is -0.370 e. The molecule has 0 bridgehead atoms. The van der Waals surface area contributed by atoms with Crippen molar-refractivity contribution in [1.82, 2.24) is 0 Å². The van der Waals surface area contributed by atoms with Crippen molar-refractivity contribution < 1.29 is 13.2 Å². The van der Waals surface area contributed by atoms with Crippen molar-refractivity contribution in [2.75, 3.05) is 29.6 Å². The number of morpholine rings is 1. The molecule has 0 saturated carbocycles. The van der Waals surface area contributed by atoms with Crippen molar-refractivity contribution in [3.63, 3.8) is 0 Å². The van der Waals surface area contributed by atoms with Crippen LogP contribution < -0.4 is 4.90 Å². The monoisotopic (exact) mass is 317 g/mol. The number of halogens is 1. The van der Waals surface area contributed by atoms with Crippen LogP contribution in [0.3, 0.4) is 0 Å². The van der Waals surface area contributed by atoms with Gasteiger partial charge in [0.1, 0.15) is 0 Å². The molecule has 1 fully saturated rings. The molecule has 2 atom stereocenters. The van der Waals surface area contributed by atoms with Gasteiger partial charge in [-0.2, -0.15) is 0 Å². The van der Waals surface area contributed by atoms with E-state index in [2.05, 4.69) is 4.90 Å². The van der Waals surface area contributed by atoms with Crippen LogP contribution >= 0.6 is 11.6 Å². The van der Waals surface area contributed by atoms with Gasteiger partial charge in [0.05, 0.1) is 28.7 Å². The lowest BCUT2D eigenvalue weighted by Crippen LogP contribution is -2.47. The van der Waals surface area contributed by atoms with Crippen molar-refractivity contribution in [2.45, 2.75) is 31.0 Å². The predicted molar refractivity (Wildman–Crippen MR) is 81.4 cm³/mol. The molecule has 1 aliphatic heterocycles. The molecule has 4 nitrogen and oxygen atoms in total. The second-order valence-electron chi connectivity index (χ2n) is 5.03. The zero-order valence-corrected chi connectivity index (χ0v) is 13.3. The maximum atomic E-state index is 11.8. The molecule has 0 radical (unpaired) electrons. The maximum absolute atomic E-state index is 11.8. The van der Waals surface area contributed by atoms with Crippen LogP contribution in [-0.4, -0.2) is 45.3 Å². The smallest absolute Gasteiger partial charge is 0.178 e. The Hall–Kier alpha value is -0.780. The molecule has 2 rings (SSSR count). The van der Waals surface area contributed by atoms with Crippen LogP contribution in [0.15, 0.2) is 29.2 Å². The molecule has 0 amide bonds. The summed E-state index contributed by atoms with van der Waals surface area (Å²) in [4.78, 5) is 2.56. The van der Waals surface area contributed by atoms with E-state index in [4.69, 9.17) is 16.3 Å². The van der Waals surface area contributed by atoms with Gasteiger partial charge in [0.25, 0.3) is 0 Å². The van der Waals surface area contributed by atoms with E-state index >= 15 is 0 Å². The summed E-state index contributed by atoms with van der Waals surface area (Å²) in [7, 11) is -3.14. The number of alkyl halides is 1. The first-order valence-electron chi connectivity index (χ1n) is 6.75. The first kappa shape index (κ1) is 15.6. The summed E-state index contributed by atoms with van der Waals surface area (Å²) in [6, 6.07) is 7.05. The standard InChI is InChI=1S/C14H20ClNO3S/c1-3-20(17,18)14-6-4-12(5-7-14)16-9-11(2)19-13(8-15)10-16/h4-7,11,13H,3,8-10H2,1-2H3. The molecule has 112 valence electrons. The average molecular weight is 318 g/mol. The summed E-state index contributed by atoms with van der Waals surface area (Å²) in [5.41, 5.74) is 1.00. The van der Waals surface area contributed by atoms with E-state index in [0.29, 0.717) is 10.8 Å². The average Bonchev–Trinajstić information content (AvgIpc) is 2.46. The molecule has 0 aromatic heterocycles. The van der Waals surface area contributed by atoms with Crippen LogP contribution in [0.4, 0.5) is 5.69 Å². The molecule has 0 N–H and O–H groups in total. The minimum atomic E-state index is -3.14. The summed E-state index contributed by atoms with van der Waals surface area (Å²) in [6.07, 6.45) is 0.131. The Morgan fingerprint density at radius 3 is 2.50 bits per heavy atom. The fourth-order valence-corrected chi connectivity index (χ4v) is 3.43. The van der Waals surface area contributed by atoms with Crippen LogP contribution in [0.2, 0.25) is 0 Å². The summed E-state index contributed by atoms with van der Waals surface area (Å²) < 4.78 is 29.3. The second kappa shape index (κ2) is 6.33. The van der Waals surface area contributed by atoms with Gasteiger partial charge in [-0.1, -0.05) is 6.92 Å². The molecule has 1 aromatic rings. The Morgan fingerprint density at radius 1 is 1.30 bits per heavy atom. The number of nitrogens with zero attached hydrogens (tertiary/aromatic N) is 1. The Morgan fingerprint density at radius 2 is 1.95 bits per heavy atom. The molecule has 6 heteroatoms. The van der Waals surface area contributed by atoms with Crippen molar-refractivity contribution in [1.29, 1.82) is 0 Å². The Labute approximate surface area is 125 Å². The van der Waals surface area contributed by atoms with Gasteiger partial charge >= 0.3 is 0 Å². The third kappa shape index (κ3) is 3.45. The highest BCUT2D eigenvalue weighted by atomic mass is 35.5. The minimum absolute atomic E-state index is 0.0134. The van der Waals surface area contributed by atoms with Gasteiger partial charge in [-0.05, 0) is 31.2 Å². The largest absolute Gasteiger partial charge is 0.370 e. The number of sulfone groups is 1. The third-order valence-corrected chi connectivity index (χ3v) is 5.53. The molecule has 0 aliphatic carbocycles. The van der Waals surface area contributed by atoms with Gasteiger partial charge in [0, 0.05) is 18.8 Å². The summed E-state index contributed by atoms with van der Waals surface area (Å²) in [5.74, 6) is 0.582. The van der Waals surface area contributed by atoms with E-state index in [1.807, 2.05) is 19.1 Å². The zero-order chi connectivity index (χ0) is 14.8. The lowest BCUT2D eigenvalue weighted by atomic mass is 10.2. The highest BCUT2D eigenvalue weighted by molar-refractivity contribution is 7.91. The van der Waals surface area contributed by atoms with E-state index in [9.17, 15) is 8.42 Å². The summed E-state index contributed by atoms with van der Waals surface area (Å²) in [6.45, 7) is 5.18. The molecule has 1 saturated heterocycles. The van der Waals surface area contributed by atoms with Crippen LogP contribution in [0, 0.1) is 0 Å². The van der Waals surface area contributed by atoms with Crippen LogP contribution in [0.5, 0.6) is 0 Å². The molecular weight excluding hydrogens is 298 g/mol. The Balaban J connectivity index is 2.17. The number of ether oxygens (including phenoxy) is 1. The molecule has 1 aliphatic rings. The number of hydrogen-bond acceptors (Lipinski definition) is 4. The van der Waals surface area contributed by atoms with Gasteiger partial charge in [-0.15, -0.1) is 11.6 Å². The van der Waals surface area contributed by atoms with E-state index in [1.165, 1.54) is 0 Å². The molecule has 2 unspecified atom stereocenters. The van der Waals surface area contributed by atoms with Crippen LogP contribution in [-0.2, 0) is 14.6 Å². The molecule has 20 heavy (non-hydrogen) atoms. The first-order valence-corrected chi connectivity index (χ1v) is 8.94. The van der Waals surface area contributed by atoms with Gasteiger partial charge in [0.15, 0.2) is 9.84 Å². The number of anilines is 1. The molecule has 1 heterocycles. The number of hydrogen-bond donors (Lipinski definition) is 0. The fraction of sp³-hybridized carbons (Fsp3) is 0.571. The van der Waals surface area contributed by atoms with E-state index in [1.54, 1.807) is 19.1 Å². The summed E-state index contributed by atoms with van der Waals surface area (Å²) in [5, 5.41) is 0. The normalized spacial score (nSPS) is 23.9. The van der Waals surface area contributed by atoms with Crippen molar-refractivity contribution in [3.05, 3.63) is 24.3 Å². The third-order valence-electron chi connectivity index (χ3n) is 3.44. The van der Waals surface area contributed by atoms with Gasteiger partial charge in [-0.25, -0.2) is 8.42 Å². The van der Waals surface area contributed by atoms with Crippen molar-refractivity contribution >= 4 is 27.1 Å². The van der Waals surface area contributed by atoms with Gasteiger partial charge < -0.3 is 9.64 Å². The van der Waals surface area contributed by atoms with Crippen molar-refractivity contribution in [2.24, 2.45) is 0 Å². The topological polar surface area (TPSA) is 46.6 Å². The van der Waals surface area contributed by atoms with E-state index in [0.717, 1.165) is 18.8 Å². The van der Waals surface area contributed by atoms with Crippen LogP contribution in [0.1, 0.15) is 13.8 Å². The highest BCUT2D eigenvalue weighted by Gasteiger charge is 2.25. The SMILES string of the molecule is CCS(=O)(=O)c1ccc(N2CC(C)OC(CCl)C2)cc1. The first-order chi connectivity index (χ1) is 9.46. The number of rotatable bonds is 4. The highest BCUT2D eigenvalue weighted by Crippen LogP contribution is 2.23. The fourth-order valence-electron chi connectivity index (χ4n) is 2.37. The predicted octanol–water partition coefficient (Wildman–Crippen LogP) is 2.31. The molecule has 1 aromatic carbocycles. The van der Waals surface area contributed by atoms with Gasteiger partial charge in [-0.3, -0.25) is 0 Å². The maximum Gasteiger partial charge on any atom is 0.178 e. The lowest BCUT2D eigenvalue weighted by molar-refractivity contribution is -0.00333. The zero-order valence-electron chi connectivity index (χ0n) is 11.8.